The summed E-state index contributed by atoms with van der Waals surface area (Å²) in [4.78, 5) is 15.8. The van der Waals surface area contributed by atoms with Crippen molar-refractivity contribution in [2.45, 2.75) is 25.9 Å². The van der Waals surface area contributed by atoms with Crippen LogP contribution in [0.15, 0.2) is 43.0 Å². The highest BCUT2D eigenvalue weighted by Gasteiger charge is 2.17. The minimum absolute atomic E-state index is 0.191. The van der Waals surface area contributed by atoms with Gasteiger partial charge < -0.3 is 5.32 Å². The highest BCUT2D eigenvalue weighted by Crippen LogP contribution is 2.22. The molecule has 0 spiro atoms. The number of nitrogens with zero attached hydrogens (tertiary/aromatic N) is 3. The minimum atomic E-state index is -0.958. The van der Waals surface area contributed by atoms with Gasteiger partial charge in [-0.25, -0.2) is 13.8 Å². The molecule has 1 aromatic carbocycles. The molecule has 1 aromatic heterocycles. The molecule has 0 fully saturated rings. The lowest BCUT2D eigenvalue weighted by Gasteiger charge is -2.19. The number of rotatable bonds is 6. The molecule has 22 heavy (non-hydrogen) atoms. The molecule has 0 bridgehead atoms. The van der Waals surface area contributed by atoms with Crippen LogP contribution >= 0.6 is 0 Å². The van der Waals surface area contributed by atoms with Crippen LogP contribution in [0.3, 0.4) is 0 Å². The van der Waals surface area contributed by atoms with Crippen LogP contribution in [0.25, 0.3) is 0 Å². The van der Waals surface area contributed by atoms with Crippen LogP contribution in [0.4, 0.5) is 8.78 Å². The Bertz CT molecular complexity index is 670. The van der Waals surface area contributed by atoms with Crippen LogP contribution in [0.2, 0.25) is 0 Å². The van der Waals surface area contributed by atoms with E-state index in [1.54, 1.807) is 6.92 Å². The van der Waals surface area contributed by atoms with Gasteiger partial charge in [0.1, 0.15) is 12.7 Å². The molecular weight excluding hydrogens is 290 g/mol. The lowest BCUT2D eigenvalue weighted by molar-refractivity contribution is -0.121. The van der Waals surface area contributed by atoms with Crippen molar-refractivity contribution in [2.75, 3.05) is 0 Å². The first-order valence-electron chi connectivity index (χ1n) is 6.69. The molecule has 0 aliphatic rings. The van der Waals surface area contributed by atoms with Gasteiger partial charge in [0.05, 0.1) is 12.6 Å². The molecular formula is C15H16F2N4O. The number of nitrogens with one attached hydrogen (secondary N) is 1. The number of halogens is 2. The lowest BCUT2D eigenvalue weighted by atomic mass is 10.0. The SMILES string of the molecule is C=C(C)[C@@H](NC(=O)CCn1cncn1)c1ccc(F)c(F)c1. The summed E-state index contributed by atoms with van der Waals surface area (Å²) in [5.74, 6) is -2.13. The van der Waals surface area contributed by atoms with Crippen molar-refractivity contribution in [2.24, 2.45) is 0 Å². The summed E-state index contributed by atoms with van der Waals surface area (Å²) in [5, 5.41) is 6.65. The van der Waals surface area contributed by atoms with E-state index in [4.69, 9.17) is 0 Å². The number of carbonyl (C=O) groups excluding carboxylic acids is 1. The molecule has 0 aliphatic heterocycles. The van der Waals surface area contributed by atoms with E-state index in [9.17, 15) is 13.6 Å². The van der Waals surface area contributed by atoms with Gasteiger partial charge in [-0.05, 0) is 24.6 Å². The molecule has 2 aromatic rings. The molecule has 1 atom stereocenters. The topological polar surface area (TPSA) is 59.8 Å². The predicted molar refractivity (Wildman–Crippen MR) is 76.7 cm³/mol. The second kappa shape index (κ2) is 6.93. The fraction of sp³-hybridized carbons (Fsp3) is 0.267. The highest BCUT2D eigenvalue weighted by molar-refractivity contribution is 5.76. The number of carbonyl (C=O) groups is 1. The first-order valence-corrected chi connectivity index (χ1v) is 6.69. The Morgan fingerprint density at radius 1 is 1.41 bits per heavy atom. The first kappa shape index (κ1) is 15.8. The Labute approximate surface area is 126 Å². The van der Waals surface area contributed by atoms with E-state index < -0.39 is 17.7 Å². The van der Waals surface area contributed by atoms with Crippen LogP contribution < -0.4 is 5.32 Å². The van der Waals surface area contributed by atoms with E-state index in [1.165, 1.54) is 23.4 Å². The summed E-state index contributed by atoms with van der Waals surface area (Å²) in [7, 11) is 0. The smallest absolute Gasteiger partial charge is 0.222 e. The molecule has 0 radical (unpaired) electrons. The van der Waals surface area contributed by atoms with Crippen LogP contribution in [-0.2, 0) is 11.3 Å². The van der Waals surface area contributed by atoms with E-state index >= 15 is 0 Å². The molecule has 7 heteroatoms. The molecule has 116 valence electrons. The van der Waals surface area contributed by atoms with Crippen LogP contribution in [0, 0.1) is 11.6 Å². The van der Waals surface area contributed by atoms with E-state index in [0.717, 1.165) is 12.1 Å². The summed E-state index contributed by atoms with van der Waals surface area (Å²) < 4.78 is 27.9. The number of aryl methyl sites for hydroxylation is 1. The average Bonchev–Trinajstić information content (AvgIpc) is 2.98. The van der Waals surface area contributed by atoms with Crippen molar-refractivity contribution in [1.29, 1.82) is 0 Å². The van der Waals surface area contributed by atoms with Gasteiger partial charge in [-0.15, -0.1) is 0 Å². The zero-order valence-corrected chi connectivity index (χ0v) is 12.1. The predicted octanol–water partition coefficient (Wildman–Crippen LogP) is 2.38. The summed E-state index contributed by atoms with van der Waals surface area (Å²) in [5.41, 5.74) is 1.07. The maximum Gasteiger partial charge on any atom is 0.222 e. The van der Waals surface area contributed by atoms with Crippen molar-refractivity contribution in [3.05, 3.63) is 60.2 Å². The van der Waals surface area contributed by atoms with Crippen molar-refractivity contribution < 1.29 is 13.6 Å². The third kappa shape index (κ3) is 3.97. The Kier molecular flexibility index (Phi) is 4.98. The van der Waals surface area contributed by atoms with E-state index in [1.807, 2.05) is 0 Å². The number of benzene rings is 1. The summed E-state index contributed by atoms with van der Waals surface area (Å²) in [6.07, 6.45) is 3.09. The highest BCUT2D eigenvalue weighted by atomic mass is 19.2. The number of hydrogen-bond acceptors (Lipinski definition) is 3. The maximum atomic E-state index is 13.3. The van der Waals surface area contributed by atoms with Crippen LogP contribution in [-0.4, -0.2) is 20.7 Å². The average molecular weight is 306 g/mol. The fourth-order valence-electron chi connectivity index (χ4n) is 1.98. The van der Waals surface area contributed by atoms with E-state index in [0.29, 0.717) is 17.7 Å². The zero-order valence-electron chi connectivity index (χ0n) is 12.1. The Balaban J connectivity index is 2.03. The fourth-order valence-corrected chi connectivity index (χ4v) is 1.98. The normalized spacial score (nSPS) is 12.0. The molecule has 1 amide bonds. The number of aromatic nitrogens is 3. The van der Waals surface area contributed by atoms with E-state index in [-0.39, 0.29) is 12.3 Å². The van der Waals surface area contributed by atoms with Crippen molar-refractivity contribution in [3.8, 4) is 0 Å². The van der Waals surface area contributed by atoms with Crippen molar-refractivity contribution >= 4 is 5.91 Å². The molecule has 5 nitrogen and oxygen atoms in total. The van der Waals surface area contributed by atoms with Gasteiger partial charge in [-0.1, -0.05) is 18.2 Å². The molecule has 0 saturated carbocycles. The largest absolute Gasteiger partial charge is 0.345 e. The molecule has 2 rings (SSSR count). The number of amides is 1. The monoisotopic (exact) mass is 306 g/mol. The van der Waals surface area contributed by atoms with Crippen LogP contribution in [0.1, 0.15) is 24.9 Å². The van der Waals surface area contributed by atoms with Gasteiger partial charge in [0.2, 0.25) is 5.91 Å². The summed E-state index contributed by atoms with van der Waals surface area (Å²) in [6.45, 7) is 5.88. The van der Waals surface area contributed by atoms with Crippen molar-refractivity contribution in [3.63, 3.8) is 0 Å². The van der Waals surface area contributed by atoms with Gasteiger partial charge >= 0.3 is 0 Å². The minimum Gasteiger partial charge on any atom is -0.345 e. The van der Waals surface area contributed by atoms with Gasteiger partial charge in [-0.2, -0.15) is 5.10 Å². The lowest BCUT2D eigenvalue weighted by Crippen LogP contribution is -2.30. The van der Waals surface area contributed by atoms with Gasteiger partial charge in [0, 0.05) is 6.42 Å². The Morgan fingerprint density at radius 2 is 2.18 bits per heavy atom. The summed E-state index contributed by atoms with van der Waals surface area (Å²) >= 11 is 0. The van der Waals surface area contributed by atoms with Crippen LogP contribution in [0.5, 0.6) is 0 Å². The quantitative estimate of drug-likeness (QED) is 0.834. The van der Waals surface area contributed by atoms with Gasteiger partial charge in [0.25, 0.3) is 0 Å². The van der Waals surface area contributed by atoms with Gasteiger partial charge in [-0.3, -0.25) is 9.48 Å². The Hall–Kier alpha value is -2.57. The zero-order chi connectivity index (χ0) is 16.1. The molecule has 1 heterocycles. The molecule has 1 N–H and O–H groups in total. The van der Waals surface area contributed by atoms with Crippen molar-refractivity contribution in [1.82, 2.24) is 20.1 Å². The molecule has 0 aliphatic carbocycles. The Morgan fingerprint density at radius 3 is 2.77 bits per heavy atom. The second-order valence-corrected chi connectivity index (χ2v) is 4.93. The second-order valence-electron chi connectivity index (χ2n) is 4.93. The van der Waals surface area contributed by atoms with Gasteiger partial charge in [0.15, 0.2) is 11.6 Å². The standard InChI is InChI=1S/C15H16F2N4O/c1-10(2)15(11-3-4-12(16)13(17)7-11)20-14(22)5-6-21-9-18-8-19-21/h3-4,7-9,15H,1,5-6H2,2H3,(H,20,22)/t15-/m1/s1. The third-order valence-corrected chi connectivity index (χ3v) is 3.11. The van der Waals surface area contributed by atoms with E-state index in [2.05, 4.69) is 22.0 Å². The summed E-state index contributed by atoms with van der Waals surface area (Å²) in [6, 6.07) is 2.95. The maximum absolute atomic E-state index is 13.3. The third-order valence-electron chi connectivity index (χ3n) is 3.11. The molecule has 0 saturated heterocycles. The first-order chi connectivity index (χ1) is 10.5. The molecule has 0 unspecified atom stereocenters. The number of hydrogen-bond donors (Lipinski definition) is 1.